The first-order valence-corrected chi connectivity index (χ1v) is 8.97. The number of nitriles is 1. The molecule has 5 heteroatoms. The second-order valence-corrected chi connectivity index (χ2v) is 6.56. The monoisotopic (exact) mass is 361 g/mol. The Kier molecular flexibility index (Phi) is 5.77. The highest BCUT2D eigenvalue weighted by atomic mass is 16.5. The fraction of sp³-hybridized carbons (Fsp3) is 0.273. The normalized spacial score (nSPS) is 14.6. The molecule has 0 saturated carbocycles. The zero-order chi connectivity index (χ0) is 19.2. The van der Waals surface area contributed by atoms with Crippen LogP contribution in [0.1, 0.15) is 11.1 Å². The first-order chi connectivity index (χ1) is 13.1. The maximum atomic E-state index is 12.7. The molecule has 0 aliphatic carbocycles. The van der Waals surface area contributed by atoms with Crippen molar-refractivity contribution in [3.8, 4) is 11.8 Å². The van der Waals surface area contributed by atoms with Crippen LogP contribution in [-0.4, -0.2) is 44.1 Å². The van der Waals surface area contributed by atoms with Gasteiger partial charge in [0.25, 0.3) is 5.91 Å². The van der Waals surface area contributed by atoms with Gasteiger partial charge < -0.3 is 14.5 Å². The SMILES string of the molecule is COc1ccc(N2CCN(C(=O)/C(C#N)=C/c3ccc(C)cc3)CC2)cc1. The Balaban J connectivity index is 1.64. The lowest BCUT2D eigenvalue weighted by molar-refractivity contribution is -0.126. The van der Waals surface area contributed by atoms with E-state index in [1.54, 1.807) is 18.1 Å². The maximum absolute atomic E-state index is 12.7. The molecule has 0 unspecified atom stereocenters. The van der Waals surface area contributed by atoms with Gasteiger partial charge in [-0.05, 0) is 42.8 Å². The van der Waals surface area contributed by atoms with Crippen LogP contribution < -0.4 is 9.64 Å². The van der Waals surface area contributed by atoms with Crippen LogP contribution in [0.15, 0.2) is 54.1 Å². The average Bonchev–Trinajstić information content (AvgIpc) is 2.73. The Morgan fingerprint density at radius 2 is 1.67 bits per heavy atom. The number of anilines is 1. The minimum Gasteiger partial charge on any atom is -0.497 e. The number of benzene rings is 2. The minimum absolute atomic E-state index is 0.178. The number of amides is 1. The van der Waals surface area contributed by atoms with E-state index in [-0.39, 0.29) is 11.5 Å². The van der Waals surface area contributed by atoms with Crippen molar-refractivity contribution in [3.63, 3.8) is 0 Å². The van der Waals surface area contributed by atoms with Crippen LogP contribution in [0.4, 0.5) is 5.69 Å². The fourth-order valence-corrected chi connectivity index (χ4v) is 3.10. The van der Waals surface area contributed by atoms with Crippen LogP contribution in [0, 0.1) is 18.3 Å². The van der Waals surface area contributed by atoms with Crippen molar-refractivity contribution in [2.24, 2.45) is 0 Å². The van der Waals surface area contributed by atoms with Gasteiger partial charge in [-0.3, -0.25) is 4.79 Å². The van der Waals surface area contributed by atoms with Crippen molar-refractivity contribution in [2.75, 3.05) is 38.2 Å². The van der Waals surface area contributed by atoms with E-state index in [1.165, 1.54) is 0 Å². The smallest absolute Gasteiger partial charge is 0.264 e. The van der Waals surface area contributed by atoms with E-state index < -0.39 is 0 Å². The number of nitrogens with zero attached hydrogens (tertiary/aromatic N) is 3. The molecule has 2 aromatic rings. The van der Waals surface area contributed by atoms with Gasteiger partial charge in [-0.2, -0.15) is 5.26 Å². The summed E-state index contributed by atoms with van der Waals surface area (Å²) in [7, 11) is 1.65. The summed E-state index contributed by atoms with van der Waals surface area (Å²) in [5, 5.41) is 9.43. The molecule has 138 valence electrons. The molecule has 2 aromatic carbocycles. The summed E-state index contributed by atoms with van der Waals surface area (Å²) in [6.45, 7) is 4.67. The Morgan fingerprint density at radius 3 is 2.22 bits per heavy atom. The number of hydrogen-bond acceptors (Lipinski definition) is 4. The van der Waals surface area contributed by atoms with E-state index in [0.29, 0.717) is 13.1 Å². The summed E-state index contributed by atoms with van der Waals surface area (Å²) < 4.78 is 5.19. The third kappa shape index (κ3) is 4.48. The number of ether oxygens (including phenoxy) is 1. The lowest BCUT2D eigenvalue weighted by atomic mass is 10.1. The molecule has 1 heterocycles. The molecular weight excluding hydrogens is 338 g/mol. The second kappa shape index (κ2) is 8.41. The summed E-state index contributed by atoms with van der Waals surface area (Å²) in [5.74, 6) is 0.625. The number of carbonyl (C=O) groups excluding carboxylic acids is 1. The Labute approximate surface area is 160 Å². The summed E-state index contributed by atoms with van der Waals surface area (Å²) >= 11 is 0. The van der Waals surface area contributed by atoms with E-state index in [9.17, 15) is 10.1 Å². The zero-order valence-electron chi connectivity index (χ0n) is 15.7. The highest BCUT2D eigenvalue weighted by Crippen LogP contribution is 2.21. The van der Waals surface area contributed by atoms with Gasteiger partial charge in [0.15, 0.2) is 0 Å². The van der Waals surface area contributed by atoms with Crippen LogP contribution in [0.25, 0.3) is 6.08 Å². The number of methoxy groups -OCH3 is 1. The van der Waals surface area contributed by atoms with Gasteiger partial charge in [-0.15, -0.1) is 0 Å². The molecule has 0 N–H and O–H groups in total. The highest BCUT2D eigenvalue weighted by Gasteiger charge is 2.23. The van der Waals surface area contributed by atoms with E-state index in [1.807, 2.05) is 55.5 Å². The van der Waals surface area contributed by atoms with Crippen molar-refractivity contribution in [3.05, 3.63) is 65.2 Å². The molecule has 1 amide bonds. The Morgan fingerprint density at radius 1 is 1.04 bits per heavy atom. The van der Waals surface area contributed by atoms with E-state index in [0.717, 1.165) is 35.7 Å². The molecule has 5 nitrogen and oxygen atoms in total. The topological polar surface area (TPSA) is 56.6 Å². The molecule has 0 aromatic heterocycles. The van der Waals surface area contributed by atoms with Crippen molar-refractivity contribution in [2.45, 2.75) is 6.92 Å². The molecular formula is C22H23N3O2. The number of hydrogen-bond donors (Lipinski definition) is 0. The van der Waals surface area contributed by atoms with Gasteiger partial charge in [-0.25, -0.2) is 0 Å². The standard InChI is InChI=1S/C22H23N3O2/c1-17-3-5-18(6-4-17)15-19(16-23)22(26)25-13-11-24(12-14-25)20-7-9-21(27-2)10-8-20/h3-10,15H,11-14H2,1-2H3/b19-15+. The summed E-state index contributed by atoms with van der Waals surface area (Å²) in [5.41, 5.74) is 3.30. The lowest BCUT2D eigenvalue weighted by Gasteiger charge is -2.36. The molecule has 1 aliphatic rings. The van der Waals surface area contributed by atoms with Crippen molar-refractivity contribution in [1.29, 1.82) is 5.26 Å². The Bertz CT molecular complexity index is 856. The van der Waals surface area contributed by atoms with Gasteiger partial charge in [0, 0.05) is 31.9 Å². The molecule has 27 heavy (non-hydrogen) atoms. The van der Waals surface area contributed by atoms with Crippen LogP contribution in [0.2, 0.25) is 0 Å². The zero-order valence-corrected chi connectivity index (χ0v) is 15.7. The van der Waals surface area contributed by atoms with E-state index in [2.05, 4.69) is 11.0 Å². The number of piperazine rings is 1. The van der Waals surface area contributed by atoms with Crippen molar-refractivity contribution in [1.82, 2.24) is 4.90 Å². The molecule has 1 aliphatic heterocycles. The van der Waals surface area contributed by atoms with Gasteiger partial charge in [-0.1, -0.05) is 29.8 Å². The van der Waals surface area contributed by atoms with E-state index >= 15 is 0 Å². The predicted octanol–water partition coefficient (Wildman–Crippen LogP) is 3.26. The first-order valence-electron chi connectivity index (χ1n) is 8.97. The van der Waals surface area contributed by atoms with Crippen LogP contribution in [0.3, 0.4) is 0 Å². The van der Waals surface area contributed by atoms with Crippen LogP contribution in [-0.2, 0) is 4.79 Å². The summed E-state index contributed by atoms with van der Waals surface area (Å²) in [6.07, 6.45) is 1.66. The molecule has 0 bridgehead atoms. The lowest BCUT2D eigenvalue weighted by Crippen LogP contribution is -2.49. The largest absolute Gasteiger partial charge is 0.497 e. The molecule has 1 fully saturated rings. The number of rotatable bonds is 4. The van der Waals surface area contributed by atoms with Crippen molar-refractivity contribution < 1.29 is 9.53 Å². The fourth-order valence-electron chi connectivity index (χ4n) is 3.10. The highest BCUT2D eigenvalue weighted by molar-refractivity contribution is 6.01. The summed E-state index contributed by atoms with van der Waals surface area (Å²) in [4.78, 5) is 16.7. The molecule has 0 radical (unpaired) electrons. The van der Waals surface area contributed by atoms with Gasteiger partial charge >= 0.3 is 0 Å². The molecule has 0 spiro atoms. The van der Waals surface area contributed by atoms with Crippen LogP contribution >= 0.6 is 0 Å². The van der Waals surface area contributed by atoms with Crippen molar-refractivity contribution >= 4 is 17.7 Å². The third-order valence-corrected chi connectivity index (χ3v) is 4.74. The molecule has 3 rings (SSSR count). The quantitative estimate of drug-likeness (QED) is 0.620. The maximum Gasteiger partial charge on any atom is 0.264 e. The Hall–Kier alpha value is -3.26. The molecule has 0 atom stereocenters. The third-order valence-electron chi connectivity index (χ3n) is 4.74. The van der Waals surface area contributed by atoms with Gasteiger partial charge in [0.05, 0.1) is 7.11 Å². The average molecular weight is 361 g/mol. The number of carbonyl (C=O) groups is 1. The van der Waals surface area contributed by atoms with Crippen LogP contribution in [0.5, 0.6) is 5.75 Å². The summed E-state index contributed by atoms with van der Waals surface area (Å²) in [6, 6.07) is 17.8. The predicted molar refractivity (Wildman–Crippen MR) is 107 cm³/mol. The number of aryl methyl sites for hydroxylation is 1. The first kappa shape index (κ1) is 18.5. The second-order valence-electron chi connectivity index (χ2n) is 6.56. The van der Waals surface area contributed by atoms with E-state index in [4.69, 9.17) is 4.74 Å². The molecule has 1 saturated heterocycles. The van der Waals surface area contributed by atoms with Gasteiger partial charge in [0.2, 0.25) is 0 Å². The minimum atomic E-state index is -0.201. The van der Waals surface area contributed by atoms with Gasteiger partial charge in [0.1, 0.15) is 17.4 Å².